The van der Waals surface area contributed by atoms with Crippen LogP contribution >= 0.6 is 0 Å². The van der Waals surface area contributed by atoms with E-state index in [2.05, 4.69) is 29.4 Å². The van der Waals surface area contributed by atoms with Crippen LogP contribution in [0.1, 0.15) is 63.2 Å². The van der Waals surface area contributed by atoms with Crippen molar-refractivity contribution in [3.8, 4) is 0 Å². The number of aromatic nitrogens is 1. The van der Waals surface area contributed by atoms with E-state index in [1.807, 2.05) is 30.0 Å². The van der Waals surface area contributed by atoms with E-state index in [1.54, 1.807) is 6.20 Å². The molecule has 2 heterocycles. The highest BCUT2D eigenvalue weighted by Gasteiger charge is 2.31. The molecular formula is C23H29N3O2. The number of nitrogens with zero attached hydrogens (tertiary/aromatic N) is 2. The number of anilines is 3. The van der Waals surface area contributed by atoms with Gasteiger partial charge in [0.15, 0.2) is 0 Å². The zero-order valence-electron chi connectivity index (χ0n) is 16.8. The van der Waals surface area contributed by atoms with E-state index in [9.17, 15) is 4.79 Å². The lowest BCUT2D eigenvalue weighted by Crippen LogP contribution is -2.36. The van der Waals surface area contributed by atoms with E-state index in [1.165, 1.54) is 6.42 Å². The zero-order chi connectivity index (χ0) is 19.5. The third-order valence-electron chi connectivity index (χ3n) is 5.89. The molecule has 1 saturated carbocycles. The van der Waals surface area contributed by atoms with Gasteiger partial charge in [0.2, 0.25) is 5.91 Å². The lowest BCUT2D eigenvalue weighted by atomic mass is 9.88. The van der Waals surface area contributed by atoms with Crippen LogP contribution in [-0.4, -0.2) is 17.5 Å². The van der Waals surface area contributed by atoms with Gasteiger partial charge in [0.1, 0.15) is 5.82 Å². The number of hydrogen-bond donors (Lipinski definition) is 1. The molecule has 1 amide bonds. The maximum Gasteiger partial charge on any atom is 0.230 e. The van der Waals surface area contributed by atoms with Crippen LogP contribution in [-0.2, 0) is 16.1 Å². The normalized spacial score (nSPS) is 17.9. The summed E-state index contributed by atoms with van der Waals surface area (Å²) < 4.78 is 5.79. The Balaban J connectivity index is 1.75. The Hall–Kier alpha value is -2.40. The predicted octanol–water partition coefficient (Wildman–Crippen LogP) is 5.35. The van der Waals surface area contributed by atoms with Crippen molar-refractivity contribution in [1.82, 2.24) is 4.98 Å². The molecule has 1 N–H and O–H groups in total. The Bertz CT molecular complexity index is 845. The van der Waals surface area contributed by atoms with E-state index in [4.69, 9.17) is 4.74 Å². The van der Waals surface area contributed by atoms with Crippen molar-refractivity contribution >= 4 is 23.1 Å². The molecule has 1 unspecified atom stereocenters. The summed E-state index contributed by atoms with van der Waals surface area (Å²) in [5.41, 5.74) is 3.98. The van der Waals surface area contributed by atoms with E-state index in [0.717, 1.165) is 54.0 Å². The summed E-state index contributed by atoms with van der Waals surface area (Å²) in [6.07, 6.45) is 7.30. The van der Waals surface area contributed by atoms with Crippen molar-refractivity contribution in [3.05, 3.63) is 47.7 Å². The Kier molecular flexibility index (Phi) is 5.62. The molecule has 0 spiro atoms. The Labute approximate surface area is 167 Å². The summed E-state index contributed by atoms with van der Waals surface area (Å²) in [5, 5.41) is 3.44. The second-order valence-corrected chi connectivity index (χ2v) is 7.77. The summed E-state index contributed by atoms with van der Waals surface area (Å²) in [5.74, 6) is 1.18. The minimum absolute atomic E-state index is 0.00862. The quantitative estimate of drug-likeness (QED) is 0.778. The SMILES string of the molecule is CCOC(C)c1ccc2c(c1)N(C(=O)C1CCCCC1)Cc1cccnc1N2. The number of nitrogens with one attached hydrogen (secondary N) is 1. The number of benzene rings is 1. The first-order valence-corrected chi connectivity index (χ1v) is 10.4. The summed E-state index contributed by atoms with van der Waals surface area (Å²) in [4.78, 5) is 20.0. The third kappa shape index (κ3) is 3.76. The molecule has 0 saturated heterocycles. The van der Waals surface area contributed by atoms with Gasteiger partial charge in [-0.25, -0.2) is 4.98 Å². The number of rotatable bonds is 4. The number of pyridine rings is 1. The van der Waals surface area contributed by atoms with E-state index in [0.29, 0.717) is 13.2 Å². The van der Waals surface area contributed by atoms with Gasteiger partial charge in [-0.05, 0) is 50.5 Å². The van der Waals surface area contributed by atoms with Crippen LogP contribution in [0.2, 0.25) is 0 Å². The maximum atomic E-state index is 13.5. The van der Waals surface area contributed by atoms with Gasteiger partial charge in [-0.2, -0.15) is 0 Å². The van der Waals surface area contributed by atoms with Crippen LogP contribution in [0.15, 0.2) is 36.5 Å². The Morgan fingerprint density at radius 2 is 2.11 bits per heavy atom. The average Bonchev–Trinajstić information content (AvgIpc) is 2.90. The van der Waals surface area contributed by atoms with Crippen LogP contribution in [0.4, 0.5) is 17.2 Å². The van der Waals surface area contributed by atoms with Crippen molar-refractivity contribution < 1.29 is 9.53 Å². The van der Waals surface area contributed by atoms with Crippen molar-refractivity contribution in [1.29, 1.82) is 0 Å². The Morgan fingerprint density at radius 1 is 1.29 bits per heavy atom. The third-order valence-corrected chi connectivity index (χ3v) is 5.89. The van der Waals surface area contributed by atoms with Crippen LogP contribution in [0, 0.1) is 5.92 Å². The average molecular weight is 380 g/mol. The van der Waals surface area contributed by atoms with Crippen LogP contribution < -0.4 is 10.2 Å². The van der Waals surface area contributed by atoms with Crippen molar-refractivity contribution in [2.45, 2.75) is 58.6 Å². The molecule has 4 rings (SSSR count). The second-order valence-electron chi connectivity index (χ2n) is 7.77. The molecule has 2 aliphatic rings. The highest BCUT2D eigenvalue weighted by molar-refractivity contribution is 5.99. The minimum atomic E-state index is -0.00862. The second kappa shape index (κ2) is 8.31. The largest absolute Gasteiger partial charge is 0.374 e. The molecule has 5 nitrogen and oxygen atoms in total. The van der Waals surface area contributed by atoms with Gasteiger partial charge in [0, 0.05) is 24.3 Å². The fourth-order valence-electron chi connectivity index (χ4n) is 4.31. The van der Waals surface area contributed by atoms with Gasteiger partial charge in [0.05, 0.1) is 24.0 Å². The molecule has 0 bridgehead atoms. The van der Waals surface area contributed by atoms with Crippen molar-refractivity contribution in [3.63, 3.8) is 0 Å². The lowest BCUT2D eigenvalue weighted by Gasteiger charge is -2.30. The first kappa shape index (κ1) is 18.9. The minimum Gasteiger partial charge on any atom is -0.374 e. The highest BCUT2D eigenvalue weighted by Crippen LogP contribution is 2.39. The lowest BCUT2D eigenvalue weighted by molar-refractivity contribution is -0.123. The van der Waals surface area contributed by atoms with Gasteiger partial charge in [-0.1, -0.05) is 31.4 Å². The molecule has 28 heavy (non-hydrogen) atoms. The molecule has 1 aliphatic carbocycles. The fraction of sp³-hybridized carbons (Fsp3) is 0.478. The van der Waals surface area contributed by atoms with Crippen LogP contribution in [0.5, 0.6) is 0 Å². The molecular weight excluding hydrogens is 350 g/mol. The molecule has 148 valence electrons. The molecule has 0 radical (unpaired) electrons. The summed E-state index contributed by atoms with van der Waals surface area (Å²) in [6.45, 7) is 5.27. The fourth-order valence-corrected chi connectivity index (χ4v) is 4.31. The van der Waals surface area contributed by atoms with E-state index in [-0.39, 0.29) is 17.9 Å². The van der Waals surface area contributed by atoms with Crippen molar-refractivity contribution in [2.24, 2.45) is 5.92 Å². The monoisotopic (exact) mass is 379 g/mol. The van der Waals surface area contributed by atoms with Crippen molar-refractivity contribution in [2.75, 3.05) is 16.8 Å². The highest BCUT2D eigenvalue weighted by atomic mass is 16.5. The number of fused-ring (bicyclic) bond motifs is 2. The number of carbonyl (C=O) groups excluding carboxylic acids is 1. The number of hydrogen-bond acceptors (Lipinski definition) is 4. The van der Waals surface area contributed by atoms with Crippen LogP contribution in [0.25, 0.3) is 0 Å². The van der Waals surface area contributed by atoms with Crippen LogP contribution in [0.3, 0.4) is 0 Å². The zero-order valence-corrected chi connectivity index (χ0v) is 16.8. The summed E-state index contributed by atoms with van der Waals surface area (Å²) in [7, 11) is 0. The number of carbonyl (C=O) groups is 1. The number of ether oxygens (including phenoxy) is 1. The van der Waals surface area contributed by atoms with Gasteiger partial charge in [-0.15, -0.1) is 0 Å². The van der Waals surface area contributed by atoms with E-state index >= 15 is 0 Å². The molecule has 5 heteroatoms. The van der Waals surface area contributed by atoms with E-state index < -0.39 is 0 Å². The Morgan fingerprint density at radius 3 is 2.89 bits per heavy atom. The molecule has 1 aliphatic heterocycles. The smallest absolute Gasteiger partial charge is 0.230 e. The predicted molar refractivity (Wildman–Crippen MR) is 112 cm³/mol. The molecule has 2 aromatic rings. The topological polar surface area (TPSA) is 54.5 Å². The molecule has 1 fully saturated rings. The standard InChI is InChI=1S/C23H29N3O2/c1-3-28-16(2)18-11-12-20-21(14-18)26(23(27)17-8-5-4-6-9-17)15-19-10-7-13-24-22(19)25-20/h7,10-14,16-17H,3-6,8-9,15H2,1-2H3,(H,24,25). The molecule has 1 aromatic heterocycles. The van der Waals surface area contributed by atoms with Gasteiger partial charge in [0.25, 0.3) is 0 Å². The first-order valence-electron chi connectivity index (χ1n) is 10.4. The van der Waals surface area contributed by atoms with Gasteiger partial charge < -0.3 is 15.0 Å². The first-order chi connectivity index (χ1) is 13.7. The molecule has 1 atom stereocenters. The van der Waals surface area contributed by atoms with Gasteiger partial charge in [-0.3, -0.25) is 4.79 Å². The maximum absolute atomic E-state index is 13.5. The number of amides is 1. The summed E-state index contributed by atoms with van der Waals surface area (Å²) in [6, 6.07) is 10.2. The summed E-state index contributed by atoms with van der Waals surface area (Å²) >= 11 is 0. The van der Waals surface area contributed by atoms with Gasteiger partial charge >= 0.3 is 0 Å². The molecule has 1 aromatic carbocycles.